The van der Waals surface area contributed by atoms with Gasteiger partial charge in [0.1, 0.15) is 24.2 Å². The number of hydrogen-bond donors (Lipinski definition) is 14. The Kier molecular flexibility index (Phi) is 27.2. The maximum atomic E-state index is 13.0. The Morgan fingerprint density at radius 2 is 0.945 bits per heavy atom. The first-order valence-corrected chi connectivity index (χ1v) is 18.9. The molecule has 17 N–H and O–H groups in total. The molecule has 0 rings (SSSR count). The predicted molar refractivity (Wildman–Crippen MR) is 198 cm³/mol. The Hall–Kier alpha value is -4.62. The van der Waals surface area contributed by atoms with Crippen LogP contribution in [0.15, 0.2) is 0 Å². The molecular weight excluding hydrogens is 750 g/mol. The minimum atomic E-state index is -1.57. The number of unbranched alkanes of at least 4 members (excludes halogenated alkanes) is 2. The molecular formula is C31H57N11O12S. The van der Waals surface area contributed by atoms with Crippen molar-refractivity contribution < 1.29 is 58.5 Å². The number of nitrogens with two attached hydrogens (primary N) is 3. The van der Waals surface area contributed by atoms with Gasteiger partial charge >= 0.3 is 5.97 Å². The Labute approximate surface area is 322 Å². The van der Waals surface area contributed by atoms with Crippen molar-refractivity contribution in [1.82, 2.24) is 42.5 Å². The zero-order chi connectivity index (χ0) is 41.8. The minimum Gasteiger partial charge on any atom is -0.480 e. The second-order valence-corrected chi connectivity index (χ2v) is 13.0. The smallest absolute Gasteiger partial charge is 0.326 e. The van der Waals surface area contributed by atoms with E-state index in [2.05, 4.69) is 42.5 Å². The number of carbonyl (C=O) groups is 9. The van der Waals surface area contributed by atoms with Crippen molar-refractivity contribution in [3.8, 4) is 0 Å². The van der Waals surface area contributed by atoms with Gasteiger partial charge in [0.05, 0.1) is 45.4 Å². The number of rotatable bonds is 30. The van der Waals surface area contributed by atoms with Gasteiger partial charge in [-0.25, -0.2) is 4.79 Å². The first kappa shape index (κ1) is 50.4. The lowest BCUT2D eigenvalue weighted by atomic mass is 10.1. The number of hydrogen-bond acceptors (Lipinski definition) is 15. The molecule has 0 saturated carbocycles. The second kappa shape index (κ2) is 29.7. The molecule has 0 aromatic rings. The number of aliphatic hydroxyl groups is 2. The largest absolute Gasteiger partial charge is 0.480 e. The lowest BCUT2D eigenvalue weighted by Gasteiger charge is -2.22. The first-order valence-electron chi connectivity index (χ1n) is 17.5. The summed E-state index contributed by atoms with van der Waals surface area (Å²) >= 11 is 1.47. The average molecular weight is 808 g/mol. The third-order valence-electron chi connectivity index (χ3n) is 7.52. The van der Waals surface area contributed by atoms with E-state index in [1.54, 1.807) is 0 Å². The van der Waals surface area contributed by atoms with Crippen LogP contribution in [0.25, 0.3) is 0 Å². The highest BCUT2D eigenvalue weighted by atomic mass is 32.2. The number of thioether (sulfide) groups is 1. The van der Waals surface area contributed by atoms with Crippen molar-refractivity contribution >= 4 is 65.0 Å². The second-order valence-electron chi connectivity index (χ2n) is 12.0. The fraction of sp³-hybridized carbons (Fsp3) is 0.710. The monoisotopic (exact) mass is 807 g/mol. The summed E-state index contributed by atoms with van der Waals surface area (Å²) in [5, 5.41) is 46.6. The molecule has 0 radical (unpaired) electrons. The SMILES string of the molecule is CSCC[C@H](N)C(=O)N[C@@H](CO)C(=O)NCC(=O)NCC(=O)N[C@@H](CCCCN)C(=O)N[C@@H](CO)C(=O)NCC(=O)NCC(=O)N[C@@H](CCCCN)C(=O)O. The highest BCUT2D eigenvalue weighted by Crippen LogP contribution is 2.03. The number of aliphatic hydroxyl groups excluding tert-OH is 2. The standard InChI is InChI=1S/C31H57N11O12S/c1-55-11-8-18(34)27(49)41-21(16-43)28(50)37-12-23(45)35-14-25(47)39-19(6-2-4-9-32)30(52)42-22(17-44)29(51)38-13-24(46)36-15-26(48)40-20(31(53)54)7-3-5-10-33/h18-22,43-44H,2-17,32-34H2,1H3,(H,35,45)(H,36,46)(H,37,50)(H,38,51)(H,39,47)(H,40,48)(H,41,49)(H,42,52)(H,53,54)/t18-,19-,20-,21-,22-/m0/s1. The molecule has 0 aliphatic rings. The number of nitrogens with one attached hydrogen (secondary N) is 8. The van der Waals surface area contributed by atoms with Gasteiger partial charge in [-0.05, 0) is 70.0 Å². The van der Waals surface area contributed by atoms with E-state index < -0.39 is 123 Å². The van der Waals surface area contributed by atoms with E-state index in [0.29, 0.717) is 44.4 Å². The number of amides is 8. The number of carbonyl (C=O) groups excluding carboxylic acids is 8. The van der Waals surface area contributed by atoms with Gasteiger partial charge in [-0.3, -0.25) is 38.4 Å². The summed E-state index contributed by atoms with van der Waals surface area (Å²) in [5.74, 6) is -7.34. The van der Waals surface area contributed by atoms with Gasteiger partial charge in [-0.15, -0.1) is 0 Å². The molecule has 55 heavy (non-hydrogen) atoms. The van der Waals surface area contributed by atoms with Crippen LogP contribution in [0.1, 0.15) is 44.9 Å². The summed E-state index contributed by atoms with van der Waals surface area (Å²) in [6.45, 7) is -3.57. The lowest BCUT2D eigenvalue weighted by Crippen LogP contribution is -2.56. The van der Waals surface area contributed by atoms with Crippen LogP contribution in [0.3, 0.4) is 0 Å². The number of carboxylic acids is 1. The maximum Gasteiger partial charge on any atom is 0.326 e. The maximum absolute atomic E-state index is 13.0. The number of aliphatic carboxylic acids is 1. The lowest BCUT2D eigenvalue weighted by molar-refractivity contribution is -0.142. The van der Waals surface area contributed by atoms with Crippen LogP contribution in [-0.4, -0.2) is 163 Å². The van der Waals surface area contributed by atoms with E-state index in [4.69, 9.17) is 17.2 Å². The Balaban J connectivity index is 4.99. The third kappa shape index (κ3) is 23.0. The number of carboxylic acid groups (broad SMARTS) is 1. The van der Waals surface area contributed by atoms with Crippen LogP contribution >= 0.6 is 11.8 Å². The topological polar surface area (TPSA) is 389 Å². The van der Waals surface area contributed by atoms with E-state index in [1.807, 2.05) is 6.26 Å². The van der Waals surface area contributed by atoms with Crippen molar-refractivity contribution in [3.05, 3.63) is 0 Å². The Morgan fingerprint density at radius 3 is 1.36 bits per heavy atom. The van der Waals surface area contributed by atoms with Gasteiger partial charge in [0.2, 0.25) is 47.3 Å². The van der Waals surface area contributed by atoms with Gasteiger partial charge in [-0.1, -0.05) is 0 Å². The quantitative estimate of drug-likeness (QED) is 0.0300. The van der Waals surface area contributed by atoms with E-state index in [9.17, 15) is 58.5 Å². The molecule has 0 aliphatic heterocycles. The molecule has 0 aromatic carbocycles. The molecule has 0 heterocycles. The van der Waals surface area contributed by atoms with Crippen LogP contribution in [0.5, 0.6) is 0 Å². The summed E-state index contributed by atoms with van der Waals surface area (Å²) in [6.07, 6.45) is 4.22. The zero-order valence-corrected chi connectivity index (χ0v) is 31.7. The van der Waals surface area contributed by atoms with Crippen molar-refractivity contribution in [3.63, 3.8) is 0 Å². The van der Waals surface area contributed by atoms with Gasteiger partial charge in [0.15, 0.2) is 0 Å². The van der Waals surface area contributed by atoms with Crippen molar-refractivity contribution in [2.24, 2.45) is 17.2 Å². The molecule has 23 nitrogen and oxygen atoms in total. The van der Waals surface area contributed by atoms with Crippen molar-refractivity contribution in [2.45, 2.75) is 75.2 Å². The van der Waals surface area contributed by atoms with Crippen molar-refractivity contribution in [2.75, 3.05) is 64.5 Å². The fourth-order valence-corrected chi connectivity index (χ4v) is 4.87. The van der Waals surface area contributed by atoms with Gasteiger partial charge in [0.25, 0.3) is 0 Å². The van der Waals surface area contributed by atoms with Crippen molar-refractivity contribution in [1.29, 1.82) is 0 Å². The van der Waals surface area contributed by atoms with Gasteiger partial charge in [0, 0.05) is 0 Å². The fourth-order valence-electron chi connectivity index (χ4n) is 4.38. The zero-order valence-electron chi connectivity index (χ0n) is 30.9. The van der Waals surface area contributed by atoms with Crippen LogP contribution in [-0.2, 0) is 43.2 Å². The molecule has 0 aromatic heterocycles. The van der Waals surface area contributed by atoms with Crippen LogP contribution in [0.2, 0.25) is 0 Å². The van der Waals surface area contributed by atoms with Gasteiger partial charge in [-0.2, -0.15) is 11.8 Å². The van der Waals surface area contributed by atoms with Crippen LogP contribution in [0, 0.1) is 0 Å². The molecule has 0 fully saturated rings. The third-order valence-corrected chi connectivity index (χ3v) is 8.16. The van der Waals surface area contributed by atoms with E-state index >= 15 is 0 Å². The minimum absolute atomic E-state index is 0.0496. The molecule has 0 bridgehead atoms. The molecule has 24 heteroatoms. The predicted octanol–water partition coefficient (Wildman–Crippen LogP) is -7.20. The molecule has 0 spiro atoms. The average Bonchev–Trinajstić information content (AvgIpc) is 3.16. The molecule has 0 unspecified atom stereocenters. The van der Waals surface area contributed by atoms with Crippen LogP contribution in [0.4, 0.5) is 0 Å². The van der Waals surface area contributed by atoms with E-state index in [0.717, 1.165) is 0 Å². The summed E-state index contributed by atoms with van der Waals surface area (Å²) in [6, 6.07) is -6.28. The summed E-state index contributed by atoms with van der Waals surface area (Å²) < 4.78 is 0. The van der Waals surface area contributed by atoms with Gasteiger partial charge < -0.3 is 75.1 Å². The summed E-state index contributed by atoms with van der Waals surface area (Å²) in [4.78, 5) is 111. The normalized spacial score (nSPS) is 13.4. The molecule has 0 saturated heterocycles. The van der Waals surface area contributed by atoms with E-state index in [1.165, 1.54) is 11.8 Å². The summed E-state index contributed by atoms with van der Waals surface area (Å²) in [7, 11) is 0. The Morgan fingerprint density at radius 1 is 0.527 bits per heavy atom. The first-order chi connectivity index (χ1) is 26.1. The van der Waals surface area contributed by atoms with E-state index in [-0.39, 0.29) is 19.4 Å². The Bertz CT molecular complexity index is 1280. The highest BCUT2D eigenvalue weighted by molar-refractivity contribution is 7.98. The molecule has 314 valence electrons. The summed E-state index contributed by atoms with van der Waals surface area (Å²) in [5.41, 5.74) is 16.7. The van der Waals surface area contributed by atoms with Crippen LogP contribution < -0.4 is 59.7 Å². The molecule has 8 amide bonds. The highest BCUT2D eigenvalue weighted by Gasteiger charge is 2.27. The molecule has 0 aliphatic carbocycles. The molecule has 5 atom stereocenters.